The molecular weight excluding hydrogens is 611 g/mol. The molecule has 0 atom stereocenters. The summed E-state index contributed by atoms with van der Waals surface area (Å²) >= 11 is 16.3. The highest BCUT2D eigenvalue weighted by Gasteiger charge is 2.15. The molecule has 0 aliphatic carbocycles. The largest absolute Gasteiger partial charge is 0.479 e. The second kappa shape index (κ2) is 9.95. The topological polar surface area (TPSA) is 90.1 Å². The van der Waals surface area contributed by atoms with Crippen molar-refractivity contribution in [2.75, 3.05) is 13.7 Å². The van der Waals surface area contributed by atoms with Crippen molar-refractivity contribution in [3.05, 3.63) is 60.1 Å². The van der Waals surface area contributed by atoms with E-state index in [4.69, 9.17) is 20.8 Å². The third-order valence-corrected chi connectivity index (χ3v) is 5.64. The molecule has 1 amide bonds. The van der Waals surface area contributed by atoms with Gasteiger partial charge in [0, 0.05) is 9.86 Å². The van der Waals surface area contributed by atoms with Crippen LogP contribution in [-0.2, 0) is 9.53 Å². The lowest BCUT2D eigenvalue weighted by atomic mass is 10.2. The van der Waals surface area contributed by atoms with Crippen molar-refractivity contribution in [2.24, 2.45) is 5.10 Å². The van der Waals surface area contributed by atoms with Crippen molar-refractivity contribution in [3.63, 3.8) is 0 Å². The van der Waals surface area contributed by atoms with Crippen molar-refractivity contribution < 1.29 is 23.5 Å². The summed E-state index contributed by atoms with van der Waals surface area (Å²) in [6.07, 6.45) is 1.41. The van der Waals surface area contributed by atoms with E-state index in [-0.39, 0.29) is 17.4 Å². The molecule has 156 valence electrons. The number of ether oxygens (including phenoxy) is 2. The first-order valence-corrected chi connectivity index (χ1v) is 10.9. The molecule has 11 heteroatoms. The van der Waals surface area contributed by atoms with Gasteiger partial charge in [0.25, 0.3) is 0 Å². The highest BCUT2D eigenvalue weighted by Crippen LogP contribution is 2.34. The summed E-state index contributed by atoms with van der Waals surface area (Å²) in [5.74, 6) is -0.626. The van der Waals surface area contributed by atoms with E-state index in [1.807, 2.05) is 12.1 Å². The monoisotopic (exact) mass is 620 g/mol. The van der Waals surface area contributed by atoms with Gasteiger partial charge in [-0.3, -0.25) is 4.79 Å². The Morgan fingerprint density at radius 3 is 2.63 bits per heavy atom. The molecular formula is C19H12Br3ClN2O5. The van der Waals surface area contributed by atoms with E-state index in [0.717, 1.165) is 14.3 Å². The van der Waals surface area contributed by atoms with E-state index in [9.17, 15) is 9.59 Å². The smallest absolute Gasteiger partial charge is 0.343 e. The number of nitrogens with one attached hydrogen (secondary N) is 1. The highest BCUT2D eigenvalue weighted by atomic mass is 79.9. The molecule has 3 rings (SSSR count). The van der Waals surface area contributed by atoms with Crippen molar-refractivity contribution in [3.8, 4) is 5.75 Å². The van der Waals surface area contributed by atoms with Crippen molar-refractivity contribution in [1.82, 2.24) is 5.43 Å². The Morgan fingerprint density at radius 2 is 1.93 bits per heavy atom. The molecule has 2 aromatic carbocycles. The van der Waals surface area contributed by atoms with E-state index >= 15 is 0 Å². The van der Waals surface area contributed by atoms with Gasteiger partial charge in [0.1, 0.15) is 5.58 Å². The molecule has 0 radical (unpaired) electrons. The molecule has 0 spiro atoms. The van der Waals surface area contributed by atoms with Crippen LogP contribution in [0, 0.1) is 0 Å². The van der Waals surface area contributed by atoms with Gasteiger partial charge < -0.3 is 13.9 Å². The summed E-state index contributed by atoms with van der Waals surface area (Å²) < 4.78 is 17.5. The van der Waals surface area contributed by atoms with Crippen LogP contribution in [-0.4, -0.2) is 31.8 Å². The lowest BCUT2D eigenvalue weighted by Crippen LogP contribution is -2.16. The molecule has 30 heavy (non-hydrogen) atoms. The van der Waals surface area contributed by atoms with Crippen molar-refractivity contribution in [1.29, 1.82) is 0 Å². The highest BCUT2D eigenvalue weighted by molar-refractivity contribution is 9.11. The number of furan rings is 1. The fraction of sp³-hybridized carbons (Fsp3) is 0.105. The fourth-order valence-electron chi connectivity index (χ4n) is 2.39. The molecule has 0 saturated carbocycles. The Hall–Kier alpha value is -1.88. The Morgan fingerprint density at radius 1 is 1.17 bits per heavy atom. The molecule has 3 aromatic rings. The number of methoxy groups -OCH3 is 1. The first-order valence-electron chi connectivity index (χ1n) is 8.19. The molecule has 1 N–H and O–H groups in total. The van der Waals surface area contributed by atoms with Gasteiger partial charge in [0.05, 0.1) is 27.3 Å². The summed E-state index contributed by atoms with van der Waals surface area (Å²) in [5, 5.41) is 4.95. The minimum Gasteiger partial charge on any atom is -0.479 e. The van der Waals surface area contributed by atoms with Crippen molar-refractivity contribution in [2.45, 2.75) is 0 Å². The van der Waals surface area contributed by atoms with Crippen LogP contribution in [0.5, 0.6) is 5.75 Å². The van der Waals surface area contributed by atoms with Gasteiger partial charge in [-0.25, -0.2) is 10.2 Å². The third kappa shape index (κ3) is 5.42. The molecule has 0 fully saturated rings. The number of rotatable bonds is 6. The molecule has 0 aliphatic heterocycles. The van der Waals surface area contributed by atoms with E-state index in [1.54, 1.807) is 18.2 Å². The predicted molar refractivity (Wildman–Crippen MR) is 123 cm³/mol. The second-order valence-corrected chi connectivity index (χ2v) is 8.83. The molecule has 1 aromatic heterocycles. The zero-order valence-electron chi connectivity index (χ0n) is 15.2. The van der Waals surface area contributed by atoms with E-state index in [0.29, 0.717) is 21.4 Å². The van der Waals surface area contributed by atoms with E-state index in [1.165, 1.54) is 13.3 Å². The van der Waals surface area contributed by atoms with E-state index < -0.39 is 11.9 Å². The Balaban J connectivity index is 1.69. The Kier molecular flexibility index (Phi) is 7.56. The van der Waals surface area contributed by atoms with Gasteiger partial charge in [-0.05, 0) is 67.8 Å². The van der Waals surface area contributed by atoms with Crippen LogP contribution in [0.4, 0.5) is 0 Å². The first kappa shape index (κ1) is 22.8. The zero-order valence-corrected chi connectivity index (χ0v) is 20.7. The van der Waals surface area contributed by atoms with Gasteiger partial charge >= 0.3 is 11.9 Å². The van der Waals surface area contributed by atoms with Gasteiger partial charge in [-0.15, -0.1) is 0 Å². The number of benzene rings is 2. The molecule has 0 bridgehead atoms. The van der Waals surface area contributed by atoms with Crippen LogP contribution in [0.25, 0.3) is 11.0 Å². The molecule has 0 aliphatic rings. The number of carbonyl (C=O) groups excluding carboxylic acids is 2. The first-order chi connectivity index (χ1) is 14.3. The lowest BCUT2D eigenvalue weighted by Gasteiger charge is -2.09. The number of hydrazone groups is 1. The minimum absolute atomic E-state index is 0.117. The lowest BCUT2D eigenvalue weighted by molar-refractivity contribution is -0.142. The number of carbonyl (C=O) groups is 2. The average Bonchev–Trinajstić information content (AvgIpc) is 3.11. The Bertz CT molecular complexity index is 1140. The van der Waals surface area contributed by atoms with Gasteiger partial charge in [-0.1, -0.05) is 27.5 Å². The number of halogens is 4. The molecule has 0 saturated heterocycles. The summed E-state index contributed by atoms with van der Waals surface area (Å²) in [7, 11) is 1.26. The van der Waals surface area contributed by atoms with Gasteiger partial charge in [-0.2, -0.15) is 5.10 Å². The summed E-state index contributed by atoms with van der Waals surface area (Å²) in [6, 6.07) is 8.53. The average molecular weight is 623 g/mol. The maximum Gasteiger partial charge on any atom is 0.343 e. The Labute approximate surface area is 201 Å². The van der Waals surface area contributed by atoms with Gasteiger partial charge in [0.15, 0.2) is 18.1 Å². The predicted octanol–water partition coefficient (Wildman–Crippen LogP) is 5.69. The number of esters is 1. The van der Waals surface area contributed by atoms with Crippen LogP contribution >= 0.6 is 59.4 Å². The summed E-state index contributed by atoms with van der Waals surface area (Å²) in [5.41, 5.74) is 3.55. The number of hydrogen-bond acceptors (Lipinski definition) is 6. The van der Waals surface area contributed by atoms with Crippen LogP contribution in [0.15, 0.2) is 53.3 Å². The minimum atomic E-state index is -0.531. The van der Waals surface area contributed by atoms with Crippen LogP contribution < -0.4 is 10.2 Å². The van der Waals surface area contributed by atoms with Crippen LogP contribution in [0.3, 0.4) is 0 Å². The molecule has 1 heterocycles. The number of hydrogen-bond donors (Lipinski definition) is 1. The van der Waals surface area contributed by atoms with Gasteiger partial charge in [0.2, 0.25) is 0 Å². The van der Waals surface area contributed by atoms with Crippen molar-refractivity contribution >= 4 is 88.5 Å². The summed E-state index contributed by atoms with van der Waals surface area (Å²) in [6.45, 7) is -0.275. The normalized spacial score (nSPS) is 11.1. The number of nitrogens with zero attached hydrogens (tertiary/aromatic N) is 1. The molecule has 0 unspecified atom stereocenters. The third-order valence-electron chi connectivity index (χ3n) is 3.72. The SMILES string of the molecule is COC(=O)COc1c(Cl)cc(/C=N\NC(=O)c2cc3cc(Br)cc(Br)c3o2)cc1Br. The maximum atomic E-state index is 12.3. The second-order valence-electron chi connectivity index (χ2n) is 5.79. The quantitative estimate of drug-likeness (QED) is 0.217. The molecule has 7 nitrogen and oxygen atoms in total. The standard InChI is InChI=1S/C19H12Br3ClN2O5/c1-28-16(26)8-29-18-12(21)2-9(3-14(18)23)7-24-25-19(27)15-5-10-4-11(20)6-13(22)17(10)30-15/h2-7H,8H2,1H3,(H,25,27)/b24-7-. The van der Waals surface area contributed by atoms with Crippen LogP contribution in [0.2, 0.25) is 5.02 Å². The number of amides is 1. The van der Waals surface area contributed by atoms with Crippen LogP contribution in [0.1, 0.15) is 16.1 Å². The zero-order chi connectivity index (χ0) is 21.8. The maximum absolute atomic E-state index is 12.3. The summed E-state index contributed by atoms with van der Waals surface area (Å²) in [4.78, 5) is 23.5. The number of fused-ring (bicyclic) bond motifs is 1. The fourth-order valence-corrected chi connectivity index (χ4v) is 4.72. The van der Waals surface area contributed by atoms with E-state index in [2.05, 4.69) is 63.1 Å².